The molecular formula is C11H11IO. The molecule has 1 heterocycles. The van der Waals surface area contributed by atoms with Crippen LogP contribution in [0.3, 0.4) is 0 Å². The third-order valence-corrected chi connectivity index (χ3v) is 4.03. The number of fused-ring (bicyclic) bond motifs is 3. The second kappa shape index (κ2) is 2.95. The zero-order chi connectivity index (χ0) is 8.84. The maximum Gasteiger partial charge on any atom is 0.0735 e. The van der Waals surface area contributed by atoms with E-state index in [0.29, 0.717) is 0 Å². The van der Waals surface area contributed by atoms with Gasteiger partial charge in [0.25, 0.3) is 0 Å². The highest BCUT2D eigenvalue weighted by Gasteiger charge is 2.23. The molecule has 13 heavy (non-hydrogen) atoms. The fourth-order valence-electron chi connectivity index (χ4n) is 2.42. The van der Waals surface area contributed by atoms with E-state index in [4.69, 9.17) is 4.74 Å². The maximum atomic E-state index is 5.52. The van der Waals surface area contributed by atoms with E-state index >= 15 is 0 Å². The van der Waals surface area contributed by atoms with Gasteiger partial charge in [-0.05, 0) is 70.2 Å². The molecule has 0 amide bonds. The molecule has 68 valence electrons. The molecule has 2 aliphatic rings. The van der Waals surface area contributed by atoms with Crippen molar-refractivity contribution in [3.05, 3.63) is 31.9 Å². The number of ether oxygens (including phenoxy) is 1. The van der Waals surface area contributed by atoms with Crippen LogP contribution in [-0.2, 0) is 30.8 Å². The number of rotatable bonds is 0. The number of aryl methyl sites for hydroxylation is 1. The van der Waals surface area contributed by atoms with E-state index in [-0.39, 0.29) is 0 Å². The van der Waals surface area contributed by atoms with Crippen LogP contribution < -0.4 is 0 Å². The molecule has 2 heteroatoms. The maximum absolute atomic E-state index is 5.52. The Morgan fingerprint density at radius 1 is 1.08 bits per heavy atom. The predicted molar refractivity (Wildman–Crippen MR) is 59.7 cm³/mol. The van der Waals surface area contributed by atoms with E-state index in [2.05, 4.69) is 28.7 Å². The molecule has 0 saturated heterocycles. The largest absolute Gasteiger partial charge is 0.372 e. The van der Waals surface area contributed by atoms with Gasteiger partial charge in [-0.1, -0.05) is 0 Å². The molecule has 1 aliphatic heterocycles. The van der Waals surface area contributed by atoms with Crippen molar-refractivity contribution < 1.29 is 4.74 Å². The molecule has 1 nitrogen and oxygen atoms in total. The van der Waals surface area contributed by atoms with E-state index in [1.165, 1.54) is 34.0 Å². The second-order valence-corrected chi connectivity index (χ2v) is 4.96. The first-order chi connectivity index (χ1) is 6.36. The molecule has 0 unspecified atom stereocenters. The standard InChI is InChI=1S/C11H11IO/c12-11-4-7-2-1-3-8(7)9-5-13-6-10(9)11/h4H,1-3,5-6H2. The summed E-state index contributed by atoms with van der Waals surface area (Å²) in [5.41, 5.74) is 6.15. The number of halogens is 1. The van der Waals surface area contributed by atoms with Crippen molar-refractivity contribution in [1.82, 2.24) is 0 Å². The molecule has 0 aromatic heterocycles. The molecule has 0 spiro atoms. The fourth-order valence-corrected chi connectivity index (χ4v) is 3.28. The molecular weight excluding hydrogens is 275 g/mol. The Morgan fingerprint density at radius 2 is 1.92 bits per heavy atom. The first-order valence-electron chi connectivity index (χ1n) is 4.76. The molecule has 0 bridgehead atoms. The van der Waals surface area contributed by atoms with Gasteiger partial charge in [0.2, 0.25) is 0 Å². The monoisotopic (exact) mass is 286 g/mol. The van der Waals surface area contributed by atoms with Gasteiger partial charge in [0.1, 0.15) is 0 Å². The second-order valence-electron chi connectivity index (χ2n) is 3.80. The van der Waals surface area contributed by atoms with Gasteiger partial charge in [0.15, 0.2) is 0 Å². The van der Waals surface area contributed by atoms with Crippen molar-refractivity contribution in [3.63, 3.8) is 0 Å². The summed E-state index contributed by atoms with van der Waals surface area (Å²) >= 11 is 2.44. The van der Waals surface area contributed by atoms with Crippen molar-refractivity contribution in [3.8, 4) is 0 Å². The van der Waals surface area contributed by atoms with Crippen LogP contribution in [0.4, 0.5) is 0 Å². The lowest BCUT2D eigenvalue weighted by Crippen LogP contribution is -1.95. The Bertz CT molecular complexity index is 371. The van der Waals surface area contributed by atoms with Crippen LogP contribution in [0.1, 0.15) is 28.7 Å². The Balaban J connectivity index is 2.28. The van der Waals surface area contributed by atoms with Crippen molar-refractivity contribution in [2.24, 2.45) is 0 Å². The van der Waals surface area contributed by atoms with Crippen molar-refractivity contribution in [2.75, 3.05) is 0 Å². The molecule has 0 atom stereocenters. The van der Waals surface area contributed by atoms with E-state index in [1.807, 2.05) is 0 Å². The molecule has 3 rings (SSSR count). The van der Waals surface area contributed by atoms with Crippen LogP contribution in [0.15, 0.2) is 6.07 Å². The Hall–Kier alpha value is -0.0900. The predicted octanol–water partition coefficient (Wildman–Crippen LogP) is 2.81. The summed E-state index contributed by atoms with van der Waals surface area (Å²) in [6.07, 6.45) is 3.89. The first-order valence-corrected chi connectivity index (χ1v) is 5.84. The normalized spacial score (nSPS) is 18.8. The highest BCUT2D eigenvalue weighted by Crippen LogP contribution is 2.35. The topological polar surface area (TPSA) is 9.23 Å². The minimum atomic E-state index is 0.834. The van der Waals surface area contributed by atoms with Gasteiger partial charge in [-0.15, -0.1) is 0 Å². The van der Waals surface area contributed by atoms with Gasteiger partial charge >= 0.3 is 0 Å². The van der Waals surface area contributed by atoms with Crippen LogP contribution in [-0.4, -0.2) is 0 Å². The average molecular weight is 286 g/mol. The highest BCUT2D eigenvalue weighted by atomic mass is 127. The lowest BCUT2D eigenvalue weighted by atomic mass is 10.00. The smallest absolute Gasteiger partial charge is 0.0735 e. The molecule has 0 N–H and O–H groups in total. The minimum Gasteiger partial charge on any atom is -0.372 e. The van der Waals surface area contributed by atoms with Gasteiger partial charge < -0.3 is 4.74 Å². The summed E-state index contributed by atoms with van der Waals surface area (Å²) < 4.78 is 6.92. The number of benzene rings is 1. The lowest BCUT2D eigenvalue weighted by Gasteiger charge is -2.07. The Labute approximate surface area is 91.6 Å². The fraction of sp³-hybridized carbons (Fsp3) is 0.455. The summed E-state index contributed by atoms with van der Waals surface area (Å²) in [6.45, 7) is 1.69. The summed E-state index contributed by atoms with van der Waals surface area (Å²) in [6, 6.07) is 2.36. The average Bonchev–Trinajstić information content (AvgIpc) is 2.66. The Kier molecular flexibility index (Phi) is 1.87. The van der Waals surface area contributed by atoms with Gasteiger partial charge in [-0.2, -0.15) is 0 Å². The SMILES string of the molecule is Ic1cc2c(c3c1COC3)CCC2. The van der Waals surface area contributed by atoms with Gasteiger partial charge in [0, 0.05) is 3.57 Å². The van der Waals surface area contributed by atoms with Crippen LogP contribution >= 0.6 is 22.6 Å². The van der Waals surface area contributed by atoms with Crippen molar-refractivity contribution >= 4 is 22.6 Å². The summed E-state index contributed by atoms with van der Waals surface area (Å²) in [5, 5.41) is 0. The molecule has 1 aliphatic carbocycles. The molecule has 0 saturated carbocycles. The Morgan fingerprint density at radius 3 is 2.85 bits per heavy atom. The summed E-state index contributed by atoms with van der Waals surface area (Å²) in [5.74, 6) is 0. The number of hydrogen-bond acceptors (Lipinski definition) is 1. The van der Waals surface area contributed by atoms with Gasteiger partial charge in [-0.25, -0.2) is 0 Å². The molecule has 1 aromatic carbocycles. The van der Waals surface area contributed by atoms with Crippen LogP contribution in [0.25, 0.3) is 0 Å². The molecule has 0 fully saturated rings. The van der Waals surface area contributed by atoms with Gasteiger partial charge in [-0.3, -0.25) is 0 Å². The minimum absolute atomic E-state index is 0.834. The third kappa shape index (κ3) is 1.15. The van der Waals surface area contributed by atoms with Crippen LogP contribution in [0.2, 0.25) is 0 Å². The summed E-state index contributed by atoms with van der Waals surface area (Å²) in [4.78, 5) is 0. The zero-order valence-electron chi connectivity index (χ0n) is 7.40. The van der Waals surface area contributed by atoms with E-state index in [9.17, 15) is 0 Å². The van der Waals surface area contributed by atoms with E-state index in [0.717, 1.165) is 13.2 Å². The highest BCUT2D eigenvalue weighted by molar-refractivity contribution is 14.1. The van der Waals surface area contributed by atoms with Crippen molar-refractivity contribution in [2.45, 2.75) is 32.5 Å². The lowest BCUT2D eigenvalue weighted by molar-refractivity contribution is 0.134. The quantitative estimate of drug-likeness (QED) is 0.666. The molecule has 1 aromatic rings. The van der Waals surface area contributed by atoms with Crippen molar-refractivity contribution in [1.29, 1.82) is 0 Å². The number of hydrogen-bond donors (Lipinski definition) is 0. The first kappa shape index (κ1) is 8.24. The molecule has 0 radical (unpaired) electrons. The summed E-state index contributed by atoms with van der Waals surface area (Å²) in [7, 11) is 0. The van der Waals surface area contributed by atoms with Crippen LogP contribution in [0.5, 0.6) is 0 Å². The van der Waals surface area contributed by atoms with E-state index in [1.54, 1.807) is 11.1 Å². The zero-order valence-corrected chi connectivity index (χ0v) is 9.56. The van der Waals surface area contributed by atoms with E-state index < -0.39 is 0 Å². The third-order valence-electron chi connectivity index (χ3n) is 3.07. The van der Waals surface area contributed by atoms with Crippen LogP contribution in [0, 0.1) is 3.57 Å². The van der Waals surface area contributed by atoms with Gasteiger partial charge in [0.05, 0.1) is 13.2 Å².